The number of hydrogen-bond donors (Lipinski definition) is 0. The Labute approximate surface area is 195 Å². The van der Waals surface area contributed by atoms with Gasteiger partial charge in [0.15, 0.2) is 5.79 Å². The molecule has 1 saturated heterocycles. The Morgan fingerprint density at radius 1 is 1.19 bits per heavy atom. The largest absolute Gasteiger partial charge is 0.348 e. The molecule has 0 aromatic heterocycles. The summed E-state index contributed by atoms with van der Waals surface area (Å²) in [6, 6.07) is 10.9. The number of halogens is 1. The van der Waals surface area contributed by atoms with E-state index in [0.717, 1.165) is 16.1 Å². The van der Waals surface area contributed by atoms with E-state index in [9.17, 15) is 0 Å². The first kappa shape index (κ1) is 25.0. The fourth-order valence-corrected chi connectivity index (χ4v) is 5.27. The maximum atomic E-state index is 6.59. The van der Waals surface area contributed by atoms with Crippen LogP contribution in [0.4, 0.5) is 0 Å². The minimum atomic E-state index is -1.29. The molecule has 31 heavy (non-hydrogen) atoms. The molecule has 0 N–H and O–H groups in total. The molecular formula is C23H36BrNO5Si. The van der Waals surface area contributed by atoms with Crippen LogP contribution in [0.5, 0.6) is 0 Å². The van der Waals surface area contributed by atoms with Crippen LogP contribution in [0.2, 0.25) is 25.7 Å². The third-order valence-electron chi connectivity index (χ3n) is 5.57. The van der Waals surface area contributed by atoms with E-state index in [1.54, 1.807) is 7.11 Å². The number of rotatable bonds is 8. The molecule has 0 amide bonds. The van der Waals surface area contributed by atoms with Crippen molar-refractivity contribution in [3.8, 4) is 0 Å². The molecule has 0 radical (unpaired) electrons. The predicted molar refractivity (Wildman–Crippen MR) is 127 cm³/mol. The lowest BCUT2D eigenvalue weighted by Gasteiger charge is -2.44. The van der Waals surface area contributed by atoms with Crippen LogP contribution in [0.1, 0.15) is 19.4 Å². The first-order chi connectivity index (χ1) is 14.6. The Kier molecular flexibility index (Phi) is 8.19. The molecule has 1 aromatic carbocycles. The fraction of sp³-hybridized carbons (Fsp3) is 0.652. The third-order valence-corrected chi connectivity index (χ3v) is 8.15. The van der Waals surface area contributed by atoms with E-state index in [1.165, 1.54) is 0 Å². The van der Waals surface area contributed by atoms with Crippen molar-refractivity contribution in [3.63, 3.8) is 0 Å². The van der Waals surface area contributed by atoms with Gasteiger partial charge in [0.2, 0.25) is 5.79 Å². The number of ether oxygens (including phenoxy) is 4. The first-order valence-corrected chi connectivity index (χ1v) is 15.4. The van der Waals surface area contributed by atoms with E-state index >= 15 is 0 Å². The van der Waals surface area contributed by atoms with Crippen LogP contribution in [0.15, 0.2) is 40.9 Å². The van der Waals surface area contributed by atoms with Crippen molar-refractivity contribution in [2.24, 2.45) is 0 Å². The first-order valence-electron chi connectivity index (χ1n) is 10.9. The van der Waals surface area contributed by atoms with Crippen molar-refractivity contribution in [1.29, 1.82) is 0 Å². The molecule has 0 spiro atoms. The van der Waals surface area contributed by atoms with Crippen LogP contribution in [-0.2, 0) is 30.3 Å². The van der Waals surface area contributed by atoms with E-state index in [0.29, 0.717) is 26.4 Å². The Morgan fingerprint density at radius 2 is 1.90 bits per heavy atom. The molecule has 0 saturated carbocycles. The normalized spacial score (nSPS) is 29.6. The highest BCUT2D eigenvalue weighted by atomic mass is 79.9. The van der Waals surface area contributed by atoms with Gasteiger partial charge >= 0.3 is 0 Å². The average molecular weight is 515 g/mol. The maximum Gasteiger partial charge on any atom is 0.222 e. The van der Waals surface area contributed by atoms with Crippen LogP contribution in [0, 0.1) is 0 Å². The lowest BCUT2D eigenvalue weighted by molar-refractivity contribution is -0.305. The Balaban J connectivity index is 1.97. The van der Waals surface area contributed by atoms with E-state index < -0.39 is 19.6 Å². The summed E-state index contributed by atoms with van der Waals surface area (Å²) in [7, 11) is 0.392. The van der Waals surface area contributed by atoms with E-state index in [4.69, 9.17) is 23.8 Å². The summed E-state index contributed by atoms with van der Waals surface area (Å²) in [5.74, 6) is -1.75. The lowest BCUT2D eigenvalue weighted by atomic mass is 9.99. The van der Waals surface area contributed by atoms with Crippen LogP contribution < -0.4 is 0 Å². The fourth-order valence-electron chi connectivity index (χ4n) is 3.91. The summed E-state index contributed by atoms with van der Waals surface area (Å²) in [5, 5.41) is 1.94. The second kappa shape index (κ2) is 10.1. The minimum absolute atomic E-state index is 0.301. The van der Waals surface area contributed by atoms with Crippen molar-refractivity contribution in [2.45, 2.75) is 69.8 Å². The average Bonchev–Trinajstić information content (AvgIpc) is 2.99. The molecule has 8 heteroatoms. The number of nitrogens with zero attached hydrogens (tertiary/aromatic N) is 1. The van der Waals surface area contributed by atoms with Gasteiger partial charge in [-0.3, -0.25) is 4.84 Å². The van der Waals surface area contributed by atoms with Crippen LogP contribution in [0.25, 0.3) is 0 Å². The summed E-state index contributed by atoms with van der Waals surface area (Å²) >= 11 is 3.75. The Morgan fingerprint density at radius 3 is 2.48 bits per heavy atom. The summed E-state index contributed by atoms with van der Waals surface area (Å²) in [6.07, 6.45) is 1.67. The van der Waals surface area contributed by atoms with E-state index in [1.807, 2.05) is 43.2 Å². The highest BCUT2D eigenvalue weighted by molar-refractivity contribution is 9.11. The number of hydroxylamine groups is 2. The highest BCUT2D eigenvalue weighted by Gasteiger charge is 2.55. The smallest absolute Gasteiger partial charge is 0.222 e. The molecule has 0 aliphatic carbocycles. The second-order valence-electron chi connectivity index (χ2n) is 9.75. The van der Waals surface area contributed by atoms with Gasteiger partial charge in [0.25, 0.3) is 0 Å². The molecule has 3 atom stereocenters. The molecule has 2 aliphatic heterocycles. The van der Waals surface area contributed by atoms with Crippen molar-refractivity contribution < 1.29 is 23.8 Å². The zero-order valence-electron chi connectivity index (χ0n) is 19.5. The number of benzene rings is 1. The molecule has 1 fully saturated rings. The number of methoxy groups -OCH3 is 1. The van der Waals surface area contributed by atoms with Crippen LogP contribution in [0.3, 0.4) is 0 Å². The maximum absolute atomic E-state index is 6.59. The monoisotopic (exact) mass is 513 g/mol. The molecular weight excluding hydrogens is 478 g/mol. The molecule has 3 rings (SSSR count). The topological polar surface area (TPSA) is 49.4 Å². The van der Waals surface area contributed by atoms with Gasteiger partial charge in [-0.05, 0) is 47.5 Å². The highest BCUT2D eigenvalue weighted by Crippen LogP contribution is 2.42. The SMILES string of the molecule is COC1(OCC[Si](C)(C)C)C(Br)=CCON(Cc2ccccc2)[C@H]1[C@H]1COC(C)(C)O1. The molecule has 2 aliphatic rings. The summed E-state index contributed by atoms with van der Waals surface area (Å²) in [6.45, 7) is 12.9. The van der Waals surface area contributed by atoms with E-state index in [-0.39, 0.29) is 12.1 Å². The lowest BCUT2D eigenvalue weighted by Crippen LogP contribution is -2.61. The molecule has 174 valence electrons. The second-order valence-corrected chi connectivity index (χ2v) is 16.2. The molecule has 6 nitrogen and oxygen atoms in total. The van der Waals surface area contributed by atoms with Gasteiger partial charge in [0.05, 0.1) is 17.7 Å². The molecule has 1 aromatic rings. The summed E-state index contributed by atoms with van der Waals surface area (Å²) < 4.78 is 25.8. The summed E-state index contributed by atoms with van der Waals surface area (Å²) in [5.41, 5.74) is 1.13. The molecule has 0 bridgehead atoms. The van der Waals surface area contributed by atoms with Crippen molar-refractivity contribution in [2.75, 3.05) is 26.9 Å². The zero-order chi connectivity index (χ0) is 22.7. The quantitative estimate of drug-likeness (QED) is 0.362. The van der Waals surface area contributed by atoms with Crippen LogP contribution in [-0.4, -0.2) is 63.8 Å². The number of hydrogen-bond acceptors (Lipinski definition) is 6. The van der Waals surface area contributed by atoms with Gasteiger partial charge in [-0.15, -0.1) is 0 Å². The third kappa shape index (κ3) is 6.26. The van der Waals surface area contributed by atoms with Crippen molar-refractivity contribution in [3.05, 3.63) is 46.5 Å². The van der Waals surface area contributed by atoms with Gasteiger partial charge in [-0.2, -0.15) is 5.06 Å². The van der Waals surface area contributed by atoms with Gasteiger partial charge in [-0.25, -0.2) is 0 Å². The van der Waals surface area contributed by atoms with Gasteiger partial charge in [0.1, 0.15) is 12.1 Å². The summed E-state index contributed by atoms with van der Waals surface area (Å²) in [4.78, 5) is 6.21. The predicted octanol–water partition coefficient (Wildman–Crippen LogP) is 4.93. The van der Waals surface area contributed by atoms with Crippen molar-refractivity contribution >= 4 is 24.0 Å². The minimum Gasteiger partial charge on any atom is -0.348 e. The van der Waals surface area contributed by atoms with Gasteiger partial charge < -0.3 is 18.9 Å². The molecule has 1 unspecified atom stereocenters. The van der Waals surface area contributed by atoms with Crippen molar-refractivity contribution in [1.82, 2.24) is 5.06 Å². The standard InChI is InChI=1S/C23H36BrNO5Si/c1-22(2)28-17-19(30-22)21-23(26-3,27-14-15-31(4,5)6)20(24)12-13-29-25(21)16-18-10-8-7-9-11-18/h7-12,19,21H,13-17H2,1-6H3/t19-,21+,23?/m1/s1. The molecule has 2 heterocycles. The Hall–Kier alpha value is -0.583. The van der Waals surface area contributed by atoms with Crippen LogP contribution >= 0.6 is 15.9 Å². The van der Waals surface area contributed by atoms with E-state index in [2.05, 4.69) is 47.7 Å². The van der Waals surface area contributed by atoms with Gasteiger partial charge in [-0.1, -0.05) is 50.0 Å². The Bertz CT molecular complexity index is 754. The van der Waals surface area contributed by atoms with Gasteiger partial charge in [0, 0.05) is 28.3 Å². The zero-order valence-corrected chi connectivity index (χ0v) is 22.1.